The predicted molar refractivity (Wildman–Crippen MR) is 203 cm³/mol. The van der Waals surface area contributed by atoms with E-state index in [0.717, 1.165) is 42.4 Å². The van der Waals surface area contributed by atoms with Crippen molar-refractivity contribution in [2.45, 2.75) is 45.3 Å². The molecule has 2 aliphatic heterocycles. The number of rotatable bonds is 10. The number of halogens is 1. The van der Waals surface area contributed by atoms with Gasteiger partial charge in [-0.25, -0.2) is 9.37 Å². The number of nitrogens with zero attached hydrogens (tertiary/aromatic N) is 4. The van der Waals surface area contributed by atoms with Crippen LogP contribution in [-0.4, -0.2) is 63.7 Å². The van der Waals surface area contributed by atoms with Gasteiger partial charge in [0.15, 0.2) is 0 Å². The van der Waals surface area contributed by atoms with E-state index in [4.69, 9.17) is 15.2 Å². The third-order valence-corrected chi connectivity index (χ3v) is 10.3. The van der Waals surface area contributed by atoms with Crippen LogP contribution in [0.1, 0.15) is 41.6 Å². The highest BCUT2D eigenvalue weighted by Crippen LogP contribution is 2.34. The number of nitrogens with two attached hydrogens (primary N) is 1. The van der Waals surface area contributed by atoms with Gasteiger partial charge in [-0.2, -0.15) is 0 Å². The van der Waals surface area contributed by atoms with E-state index in [-0.39, 0.29) is 40.6 Å². The smallest absolute Gasteiger partial charge is 0.261 e. The number of likely N-dealkylation sites (tertiary alicyclic amines) is 1. The Morgan fingerprint density at radius 2 is 1.69 bits per heavy atom. The average Bonchev–Trinajstić information content (AvgIpc) is 3.99. The molecule has 2 amide bonds. The van der Waals surface area contributed by atoms with Crippen molar-refractivity contribution in [3.63, 3.8) is 0 Å². The first-order valence-electron chi connectivity index (χ1n) is 18.4. The number of nitrogen functional groups attached to an aromatic ring is 1. The van der Waals surface area contributed by atoms with Crippen LogP contribution in [0.4, 0.5) is 15.9 Å². The maximum absolute atomic E-state index is 15.8. The normalized spacial score (nSPS) is 16.1. The van der Waals surface area contributed by atoms with Crippen molar-refractivity contribution < 1.29 is 23.5 Å². The molecular weight excluding hydrogens is 687 g/mol. The zero-order valence-electron chi connectivity index (χ0n) is 30.0. The van der Waals surface area contributed by atoms with Gasteiger partial charge in [0.2, 0.25) is 11.3 Å². The third kappa shape index (κ3) is 7.60. The number of amides is 2. The second-order valence-corrected chi connectivity index (χ2v) is 14.5. The van der Waals surface area contributed by atoms with Gasteiger partial charge >= 0.3 is 0 Å². The van der Waals surface area contributed by atoms with E-state index in [1.54, 1.807) is 43.0 Å². The maximum Gasteiger partial charge on any atom is 0.261 e. The Labute approximate surface area is 312 Å². The molecule has 2 aromatic carbocycles. The van der Waals surface area contributed by atoms with Crippen molar-refractivity contribution in [2.75, 3.05) is 37.4 Å². The summed E-state index contributed by atoms with van der Waals surface area (Å²) in [4.78, 5) is 50.4. The van der Waals surface area contributed by atoms with Gasteiger partial charge in [0, 0.05) is 72.8 Å². The van der Waals surface area contributed by atoms with Gasteiger partial charge in [0.05, 0.1) is 24.3 Å². The molecule has 0 atom stereocenters. The van der Waals surface area contributed by atoms with Crippen molar-refractivity contribution in [2.24, 2.45) is 11.8 Å². The topological polar surface area (TPSA) is 142 Å². The first kappa shape index (κ1) is 35.2. The number of aromatic nitrogens is 3. The molecule has 1 aliphatic carbocycles. The molecule has 12 heteroatoms. The summed E-state index contributed by atoms with van der Waals surface area (Å²) < 4.78 is 29.1. The van der Waals surface area contributed by atoms with E-state index in [9.17, 15) is 14.4 Å². The fourth-order valence-corrected chi connectivity index (χ4v) is 6.98. The number of aryl methyl sites for hydroxylation is 1. The highest BCUT2D eigenvalue weighted by Gasteiger charge is 2.36. The summed E-state index contributed by atoms with van der Waals surface area (Å²) in [6.45, 7) is 5.01. The van der Waals surface area contributed by atoms with Crippen LogP contribution in [0.15, 0.2) is 90.2 Å². The summed E-state index contributed by atoms with van der Waals surface area (Å²) in [5.41, 5.74) is 9.88. The van der Waals surface area contributed by atoms with E-state index in [2.05, 4.69) is 15.3 Å². The molecule has 2 saturated heterocycles. The second kappa shape index (κ2) is 14.9. The van der Waals surface area contributed by atoms with Gasteiger partial charge in [0.25, 0.3) is 5.91 Å². The lowest BCUT2D eigenvalue weighted by atomic mass is 9.96. The standard InChI is InChI=1S/C42H41FN6O5/c1-25-2-11-38(45-18-25)35-23-48(20-26-3-4-26)24-36(39(35)50)41(51)47-30-7-10-33(37(43)17-30)34-16-29(19-46-40(34)44)27-5-8-31(9-6-27)54-32-21-49(22-32)42(52)28-12-14-53-15-13-28/h2,5-11,16-19,23-24,26,28,32H,3-4,12-15,20-22H2,1H3,(H2,44,46)(H,47,51). The van der Waals surface area contributed by atoms with Crippen LogP contribution in [0.2, 0.25) is 0 Å². The van der Waals surface area contributed by atoms with Crippen molar-refractivity contribution in [1.29, 1.82) is 0 Å². The van der Waals surface area contributed by atoms with E-state index in [1.165, 1.54) is 12.1 Å². The summed E-state index contributed by atoms with van der Waals surface area (Å²) in [5.74, 6) is 0.311. The van der Waals surface area contributed by atoms with Crippen LogP contribution < -0.4 is 21.2 Å². The molecule has 0 bridgehead atoms. The van der Waals surface area contributed by atoms with Crippen LogP contribution in [0.3, 0.4) is 0 Å². The van der Waals surface area contributed by atoms with Crippen LogP contribution in [0.5, 0.6) is 5.75 Å². The maximum atomic E-state index is 15.8. The zero-order chi connectivity index (χ0) is 37.3. The molecule has 54 heavy (non-hydrogen) atoms. The Balaban J connectivity index is 0.950. The summed E-state index contributed by atoms with van der Waals surface area (Å²) in [7, 11) is 0. The molecule has 1 saturated carbocycles. The monoisotopic (exact) mass is 728 g/mol. The van der Waals surface area contributed by atoms with Gasteiger partial charge in [-0.1, -0.05) is 18.2 Å². The quantitative estimate of drug-likeness (QED) is 0.170. The van der Waals surface area contributed by atoms with E-state index < -0.39 is 17.2 Å². The zero-order valence-corrected chi connectivity index (χ0v) is 30.0. The summed E-state index contributed by atoms with van der Waals surface area (Å²) in [6, 6.07) is 17.2. The molecule has 5 heterocycles. The van der Waals surface area contributed by atoms with Crippen molar-refractivity contribution in [3.8, 4) is 39.3 Å². The molecule has 0 spiro atoms. The minimum absolute atomic E-state index is 0.0402. The van der Waals surface area contributed by atoms with Gasteiger partial charge < -0.3 is 30.0 Å². The molecule has 8 rings (SSSR count). The van der Waals surface area contributed by atoms with Crippen LogP contribution in [0, 0.1) is 24.6 Å². The van der Waals surface area contributed by atoms with Crippen molar-refractivity contribution in [3.05, 3.63) is 113 Å². The lowest BCUT2D eigenvalue weighted by Gasteiger charge is -2.41. The molecule has 5 aromatic rings. The van der Waals surface area contributed by atoms with Crippen LogP contribution in [0.25, 0.3) is 33.5 Å². The predicted octanol–water partition coefficient (Wildman–Crippen LogP) is 6.35. The molecule has 0 unspecified atom stereocenters. The Kier molecular flexibility index (Phi) is 9.68. The third-order valence-electron chi connectivity index (χ3n) is 10.3. The Morgan fingerprint density at radius 3 is 2.39 bits per heavy atom. The number of pyridine rings is 3. The number of anilines is 2. The van der Waals surface area contributed by atoms with E-state index in [1.807, 2.05) is 46.7 Å². The SMILES string of the molecule is Cc1ccc(-c2cn(CC3CC3)cc(C(=O)Nc3ccc(-c4cc(-c5ccc(OC6CN(C(=O)C7CCOCC7)C6)cc5)cnc4N)c(F)c3)c2=O)nc1. The molecule has 0 radical (unpaired) electrons. The highest BCUT2D eigenvalue weighted by atomic mass is 19.1. The number of hydrogen-bond donors (Lipinski definition) is 2. The van der Waals surface area contributed by atoms with Gasteiger partial charge in [0.1, 0.15) is 29.1 Å². The van der Waals surface area contributed by atoms with Crippen LogP contribution in [-0.2, 0) is 16.1 Å². The lowest BCUT2D eigenvalue weighted by molar-refractivity contribution is -0.147. The average molecular weight is 729 g/mol. The largest absolute Gasteiger partial charge is 0.487 e. The highest BCUT2D eigenvalue weighted by molar-refractivity contribution is 6.04. The van der Waals surface area contributed by atoms with Gasteiger partial charge in [-0.05, 0) is 92.1 Å². The lowest BCUT2D eigenvalue weighted by Crippen LogP contribution is -2.58. The number of ether oxygens (including phenoxy) is 2. The number of carbonyl (C=O) groups excluding carboxylic acids is 2. The molecule has 3 N–H and O–H groups in total. The molecule has 3 aliphatic rings. The molecule has 276 valence electrons. The molecule has 3 fully saturated rings. The Bertz CT molecular complexity index is 2260. The molecule has 3 aromatic heterocycles. The Hall–Kier alpha value is -5.88. The Morgan fingerprint density at radius 1 is 0.907 bits per heavy atom. The number of hydrogen-bond acceptors (Lipinski definition) is 8. The van der Waals surface area contributed by atoms with Gasteiger partial charge in [-0.3, -0.25) is 19.4 Å². The molecular formula is C42H41FN6O5. The minimum Gasteiger partial charge on any atom is -0.487 e. The van der Waals surface area contributed by atoms with E-state index >= 15 is 4.39 Å². The van der Waals surface area contributed by atoms with Gasteiger partial charge in [-0.15, -0.1) is 0 Å². The van der Waals surface area contributed by atoms with Crippen molar-refractivity contribution in [1.82, 2.24) is 19.4 Å². The first-order chi connectivity index (χ1) is 26.2. The van der Waals surface area contributed by atoms with E-state index in [0.29, 0.717) is 61.3 Å². The summed E-state index contributed by atoms with van der Waals surface area (Å²) in [6.07, 6.45) is 10.3. The summed E-state index contributed by atoms with van der Waals surface area (Å²) >= 11 is 0. The number of carbonyl (C=O) groups is 2. The van der Waals surface area contributed by atoms with Crippen molar-refractivity contribution >= 4 is 23.3 Å². The minimum atomic E-state index is -0.639. The molecule has 11 nitrogen and oxygen atoms in total. The number of nitrogens with one attached hydrogen (secondary N) is 1. The fraction of sp³-hybridized carbons (Fsp3) is 0.310. The van der Waals surface area contributed by atoms with Crippen LogP contribution >= 0.6 is 0 Å². The fourth-order valence-electron chi connectivity index (χ4n) is 6.98. The summed E-state index contributed by atoms with van der Waals surface area (Å²) in [5, 5.41) is 2.71. The first-order valence-corrected chi connectivity index (χ1v) is 18.4. The second-order valence-electron chi connectivity index (χ2n) is 14.5. The number of benzene rings is 2.